The van der Waals surface area contributed by atoms with Crippen molar-refractivity contribution >= 4 is 12.1 Å². The Balaban J connectivity index is 1.79. The Morgan fingerprint density at radius 3 is 2.88 bits per heavy atom. The number of fused-ring (bicyclic) bond motifs is 1. The lowest BCUT2D eigenvalue weighted by atomic mass is 10.00. The van der Waals surface area contributed by atoms with Crippen LogP contribution in [0, 0.1) is 0 Å². The molecule has 0 aromatic heterocycles. The van der Waals surface area contributed by atoms with Gasteiger partial charge >= 0.3 is 0 Å². The van der Waals surface area contributed by atoms with E-state index in [0.717, 1.165) is 19.5 Å². The standard InChI is InChI=1S/C18H26N4O2/c1-19-9-7-17(20-2)18(24)21-11-16(23)13-22-10-8-14-5-3-4-6-15(14)12-22/h3-7,9,16,20,23H,8,10-13H2,1-2H3,(H,21,24). The zero-order valence-electron chi connectivity index (χ0n) is 14.3. The Morgan fingerprint density at radius 1 is 1.42 bits per heavy atom. The maximum absolute atomic E-state index is 12.0. The number of allylic oxidation sites excluding steroid dienone is 1. The highest BCUT2D eigenvalue weighted by atomic mass is 16.3. The molecule has 1 aliphatic rings. The van der Waals surface area contributed by atoms with E-state index in [1.165, 1.54) is 11.1 Å². The molecule has 130 valence electrons. The zero-order valence-corrected chi connectivity index (χ0v) is 14.3. The lowest BCUT2D eigenvalue weighted by molar-refractivity contribution is -0.118. The summed E-state index contributed by atoms with van der Waals surface area (Å²) in [5, 5.41) is 15.8. The minimum atomic E-state index is -0.600. The van der Waals surface area contributed by atoms with Crippen molar-refractivity contribution in [3.8, 4) is 0 Å². The summed E-state index contributed by atoms with van der Waals surface area (Å²) in [5.41, 5.74) is 3.12. The number of benzene rings is 1. The van der Waals surface area contributed by atoms with Crippen LogP contribution in [0.2, 0.25) is 0 Å². The molecule has 1 heterocycles. The summed E-state index contributed by atoms with van der Waals surface area (Å²) in [6.45, 7) is 2.54. The number of β-amino-alcohol motifs (C(OH)–C–C–N with tert-alkyl or cyclic N) is 1. The Hall–Kier alpha value is -2.18. The molecule has 24 heavy (non-hydrogen) atoms. The third kappa shape index (κ3) is 5.18. The van der Waals surface area contributed by atoms with Crippen LogP contribution in [-0.2, 0) is 17.8 Å². The summed E-state index contributed by atoms with van der Waals surface area (Å²) in [6, 6.07) is 8.41. The van der Waals surface area contributed by atoms with E-state index in [1.807, 2.05) is 6.07 Å². The van der Waals surface area contributed by atoms with Crippen LogP contribution in [0.5, 0.6) is 0 Å². The van der Waals surface area contributed by atoms with Gasteiger partial charge in [-0.3, -0.25) is 14.7 Å². The van der Waals surface area contributed by atoms with Crippen LogP contribution in [0.4, 0.5) is 0 Å². The van der Waals surface area contributed by atoms with E-state index in [-0.39, 0.29) is 12.5 Å². The Labute approximate surface area is 143 Å². The van der Waals surface area contributed by atoms with Crippen LogP contribution in [0.25, 0.3) is 0 Å². The number of aliphatic imine (C=N–C) groups is 1. The molecular formula is C18H26N4O2. The highest BCUT2D eigenvalue weighted by molar-refractivity contribution is 5.96. The SMILES string of the molecule is CN=CC=C(NC)C(=O)NCC(O)CN1CCc2ccccc2C1. The molecule has 1 aromatic rings. The van der Waals surface area contributed by atoms with Crippen molar-refractivity contribution < 1.29 is 9.90 Å². The molecular weight excluding hydrogens is 304 g/mol. The molecule has 6 nitrogen and oxygen atoms in total. The van der Waals surface area contributed by atoms with Crippen molar-refractivity contribution in [3.05, 3.63) is 47.2 Å². The molecule has 1 atom stereocenters. The van der Waals surface area contributed by atoms with Crippen LogP contribution >= 0.6 is 0 Å². The van der Waals surface area contributed by atoms with Crippen molar-refractivity contribution in [2.45, 2.75) is 19.1 Å². The molecule has 0 fully saturated rings. The zero-order chi connectivity index (χ0) is 17.4. The number of rotatable bonds is 7. The van der Waals surface area contributed by atoms with Gasteiger partial charge in [-0.25, -0.2) is 0 Å². The van der Waals surface area contributed by atoms with Crippen LogP contribution in [0.1, 0.15) is 11.1 Å². The van der Waals surface area contributed by atoms with E-state index >= 15 is 0 Å². The number of likely N-dealkylation sites (N-methyl/N-ethyl adjacent to an activating group) is 1. The fourth-order valence-corrected chi connectivity index (χ4v) is 2.80. The highest BCUT2D eigenvalue weighted by Crippen LogP contribution is 2.18. The van der Waals surface area contributed by atoms with Crippen molar-refractivity contribution in [2.24, 2.45) is 4.99 Å². The number of aliphatic hydroxyl groups is 1. The second-order valence-electron chi connectivity index (χ2n) is 5.86. The van der Waals surface area contributed by atoms with E-state index in [2.05, 4.69) is 38.7 Å². The van der Waals surface area contributed by atoms with Gasteiger partial charge in [-0.2, -0.15) is 0 Å². The fraction of sp³-hybridized carbons (Fsp3) is 0.444. The molecule has 0 saturated heterocycles. The number of hydrogen-bond donors (Lipinski definition) is 3. The van der Waals surface area contributed by atoms with Crippen LogP contribution in [0.3, 0.4) is 0 Å². The average molecular weight is 330 g/mol. The number of carbonyl (C=O) groups excluding carboxylic acids is 1. The third-order valence-corrected chi connectivity index (χ3v) is 4.08. The Kier molecular flexibility index (Phi) is 6.96. The predicted molar refractivity (Wildman–Crippen MR) is 96.0 cm³/mol. The molecule has 6 heteroatoms. The normalized spacial score (nSPS) is 16.7. The highest BCUT2D eigenvalue weighted by Gasteiger charge is 2.19. The molecule has 0 saturated carbocycles. The maximum atomic E-state index is 12.0. The summed E-state index contributed by atoms with van der Waals surface area (Å²) >= 11 is 0. The van der Waals surface area contributed by atoms with Crippen LogP contribution in [-0.4, -0.2) is 62.0 Å². The summed E-state index contributed by atoms with van der Waals surface area (Å²) in [6.07, 6.45) is 3.55. The molecule has 1 aromatic carbocycles. The molecule has 0 aliphatic carbocycles. The van der Waals surface area contributed by atoms with Crippen LogP contribution in [0.15, 0.2) is 41.0 Å². The smallest absolute Gasteiger partial charge is 0.267 e. The lowest BCUT2D eigenvalue weighted by Crippen LogP contribution is -2.43. The largest absolute Gasteiger partial charge is 0.390 e. The van der Waals surface area contributed by atoms with E-state index in [1.54, 1.807) is 26.4 Å². The molecule has 1 unspecified atom stereocenters. The first-order chi connectivity index (χ1) is 11.6. The van der Waals surface area contributed by atoms with Gasteiger partial charge in [0, 0.05) is 46.5 Å². The second kappa shape index (κ2) is 9.20. The number of hydrogen-bond acceptors (Lipinski definition) is 5. The molecule has 1 aliphatic heterocycles. The fourth-order valence-electron chi connectivity index (χ4n) is 2.80. The number of aliphatic hydroxyl groups excluding tert-OH is 1. The first-order valence-electron chi connectivity index (χ1n) is 8.19. The van der Waals surface area contributed by atoms with Gasteiger partial charge in [-0.05, 0) is 23.6 Å². The van der Waals surface area contributed by atoms with Gasteiger partial charge in [-0.1, -0.05) is 24.3 Å². The average Bonchev–Trinajstić information content (AvgIpc) is 2.60. The number of nitrogens with one attached hydrogen (secondary N) is 2. The van der Waals surface area contributed by atoms with Crippen molar-refractivity contribution in [1.82, 2.24) is 15.5 Å². The number of amides is 1. The van der Waals surface area contributed by atoms with E-state index in [4.69, 9.17) is 0 Å². The lowest BCUT2D eigenvalue weighted by Gasteiger charge is -2.30. The van der Waals surface area contributed by atoms with E-state index in [9.17, 15) is 9.90 Å². The summed E-state index contributed by atoms with van der Waals surface area (Å²) in [5.74, 6) is -0.250. The number of nitrogens with zero attached hydrogens (tertiary/aromatic N) is 2. The Bertz CT molecular complexity index is 613. The maximum Gasteiger partial charge on any atom is 0.267 e. The summed E-state index contributed by atoms with van der Waals surface area (Å²) in [4.78, 5) is 18.1. The molecule has 0 bridgehead atoms. The van der Waals surface area contributed by atoms with Crippen LogP contribution < -0.4 is 10.6 Å². The third-order valence-electron chi connectivity index (χ3n) is 4.08. The molecule has 3 N–H and O–H groups in total. The summed E-state index contributed by atoms with van der Waals surface area (Å²) in [7, 11) is 3.32. The topological polar surface area (TPSA) is 77.0 Å². The van der Waals surface area contributed by atoms with Gasteiger partial charge in [0.2, 0.25) is 0 Å². The second-order valence-corrected chi connectivity index (χ2v) is 5.86. The monoisotopic (exact) mass is 330 g/mol. The molecule has 0 radical (unpaired) electrons. The van der Waals surface area contributed by atoms with Gasteiger partial charge in [-0.15, -0.1) is 0 Å². The molecule has 2 rings (SSSR count). The quantitative estimate of drug-likeness (QED) is 0.497. The van der Waals surface area contributed by atoms with Crippen molar-refractivity contribution in [3.63, 3.8) is 0 Å². The van der Waals surface area contributed by atoms with Gasteiger partial charge in [0.25, 0.3) is 5.91 Å². The minimum Gasteiger partial charge on any atom is -0.390 e. The molecule has 1 amide bonds. The summed E-state index contributed by atoms with van der Waals surface area (Å²) < 4.78 is 0. The van der Waals surface area contributed by atoms with Crippen molar-refractivity contribution in [1.29, 1.82) is 0 Å². The minimum absolute atomic E-state index is 0.221. The van der Waals surface area contributed by atoms with E-state index in [0.29, 0.717) is 12.2 Å². The predicted octanol–water partition coefficient (Wildman–Crippen LogP) is 0.326. The first-order valence-corrected chi connectivity index (χ1v) is 8.19. The van der Waals surface area contributed by atoms with E-state index < -0.39 is 6.10 Å². The van der Waals surface area contributed by atoms with Gasteiger partial charge < -0.3 is 15.7 Å². The Morgan fingerprint density at radius 2 is 2.17 bits per heavy atom. The number of carbonyl (C=O) groups is 1. The van der Waals surface area contributed by atoms with Crippen molar-refractivity contribution in [2.75, 3.05) is 33.7 Å². The van der Waals surface area contributed by atoms with Gasteiger partial charge in [0.15, 0.2) is 0 Å². The first kappa shape index (κ1) is 18.2. The van der Waals surface area contributed by atoms with Gasteiger partial charge in [0.1, 0.15) is 5.70 Å². The van der Waals surface area contributed by atoms with Gasteiger partial charge in [0.05, 0.1) is 6.10 Å². The molecule has 0 spiro atoms.